The molecule has 1 aliphatic heterocycles. The summed E-state index contributed by atoms with van der Waals surface area (Å²) in [5, 5.41) is 10.1. The zero-order valence-electron chi connectivity index (χ0n) is 18.4. The van der Waals surface area contributed by atoms with Crippen molar-refractivity contribution in [1.82, 2.24) is 30.2 Å². The highest BCUT2D eigenvalue weighted by atomic mass is 35.5. The Labute approximate surface area is 197 Å². The van der Waals surface area contributed by atoms with E-state index in [1.807, 2.05) is 0 Å². The molecule has 1 saturated carbocycles. The number of rotatable bonds is 6. The summed E-state index contributed by atoms with van der Waals surface area (Å²) in [6, 6.07) is 4.80. The molecular weight excluding hydrogens is 443 g/mol. The van der Waals surface area contributed by atoms with E-state index < -0.39 is 5.82 Å². The number of hydrogen-bond acceptors (Lipinski definition) is 8. The zero-order valence-corrected chi connectivity index (χ0v) is 19.2. The molecule has 174 valence electrons. The SMILES string of the molecule is Fc1ccc(Nc2ncnc3cnc(NC4CCC(CN5CCNCC5)CC4)nc23)cc1Cl. The molecule has 0 unspecified atom stereocenters. The van der Waals surface area contributed by atoms with Gasteiger partial charge in [-0.2, -0.15) is 0 Å². The van der Waals surface area contributed by atoms with Crippen LogP contribution in [0.4, 0.5) is 21.8 Å². The van der Waals surface area contributed by atoms with Crippen molar-refractivity contribution in [3.8, 4) is 0 Å². The molecule has 5 rings (SSSR count). The summed E-state index contributed by atoms with van der Waals surface area (Å²) in [6.45, 7) is 5.73. The molecule has 0 amide bonds. The third kappa shape index (κ3) is 5.48. The average Bonchev–Trinajstić information content (AvgIpc) is 2.84. The zero-order chi connectivity index (χ0) is 22.6. The van der Waals surface area contributed by atoms with Gasteiger partial charge in [0.15, 0.2) is 5.82 Å². The van der Waals surface area contributed by atoms with Gasteiger partial charge in [0, 0.05) is 44.5 Å². The van der Waals surface area contributed by atoms with Gasteiger partial charge in [-0.3, -0.25) is 0 Å². The van der Waals surface area contributed by atoms with Crippen LogP contribution in [-0.4, -0.2) is 63.6 Å². The van der Waals surface area contributed by atoms with E-state index in [4.69, 9.17) is 11.6 Å². The molecule has 2 aromatic heterocycles. The molecule has 10 heteroatoms. The normalized spacial score (nSPS) is 21.8. The molecule has 1 saturated heterocycles. The van der Waals surface area contributed by atoms with Crippen LogP contribution >= 0.6 is 11.6 Å². The molecule has 0 spiro atoms. The van der Waals surface area contributed by atoms with Crippen molar-refractivity contribution in [2.45, 2.75) is 31.7 Å². The Hall–Kier alpha value is -2.62. The molecule has 1 aliphatic carbocycles. The summed E-state index contributed by atoms with van der Waals surface area (Å²) >= 11 is 5.91. The van der Waals surface area contributed by atoms with Crippen molar-refractivity contribution in [3.63, 3.8) is 0 Å². The van der Waals surface area contributed by atoms with Crippen LogP contribution in [0.3, 0.4) is 0 Å². The number of benzene rings is 1. The Morgan fingerprint density at radius 2 is 1.91 bits per heavy atom. The van der Waals surface area contributed by atoms with E-state index in [9.17, 15) is 4.39 Å². The van der Waals surface area contributed by atoms with Crippen LogP contribution in [-0.2, 0) is 0 Å². The van der Waals surface area contributed by atoms with Crippen LogP contribution < -0.4 is 16.0 Å². The molecule has 0 bridgehead atoms. The number of piperazine rings is 1. The first-order valence-corrected chi connectivity index (χ1v) is 11.9. The minimum atomic E-state index is -0.466. The molecule has 8 nitrogen and oxygen atoms in total. The van der Waals surface area contributed by atoms with Crippen molar-refractivity contribution in [2.24, 2.45) is 5.92 Å². The van der Waals surface area contributed by atoms with Gasteiger partial charge in [-0.15, -0.1) is 0 Å². The first kappa shape index (κ1) is 22.2. The van der Waals surface area contributed by atoms with Crippen molar-refractivity contribution in [2.75, 3.05) is 43.4 Å². The van der Waals surface area contributed by atoms with Gasteiger partial charge in [-0.25, -0.2) is 24.3 Å². The summed E-state index contributed by atoms with van der Waals surface area (Å²) in [4.78, 5) is 20.3. The molecule has 1 aromatic carbocycles. The molecule has 0 atom stereocenters. The third-order valence-electron chi connectivity index (χ3n) is 6.47. The molecule has 3 heterocycles. The number of fused-ring (bicyclic) bond motifs is 1. The lowest BCUT2D eigenvalue weighted by molar-refractivity contribution is 0.179. The predicted molar refractivity (Wildman–Crippen MR) is 128 cm³/mol. The predicted octanol–water partition coefficient (Wildman–Crippen LogP) is 3.83. The Balaban J connectivity index is 1.24. The second-order valence-electron chi connectivity index (χ2n) is 8.82. The maximum atomic E-state index is 13.5. The van der Waals surface area contributed by atoms with Gasteiger partial charge in [0.25, 0.3) is 0 Å². The maximum Gasteiger partial charge on any atom is 0.223 e. The largest absolute Gasteiger partial charge is 0.351 e. The lowest BCUT2D eigenvalue weighted by atomic mass is 9.85. The standard InChI is InChI=1S/C23H28ClFN8/c24-18-11-17(5-6-19(18)25)30-22-21-20(28-14-29-22)12-27-23(32-21)31-16-3-1-15(2-4-16)13-33-9-7-26-8-10-33/h5-6,11-12,14-16,26H,1-4,7-10,13H2,(H,27,31,32)(H,28,29,30). The third-order valence-corrected chi connectivity index (χ3v) is 6.76. The van der Waals surface area contributed by atoms with Crippen molar-refractivity contribution < 1.29 is 4.39 Å². The van der Waals surface area contributed by atoms with Crippen LogP contribution in [0.2, 0.25) is 5.02 Å². The lowest BCUT2D eigenvalue weighted by Gasteiger charge is -2.34. The summed E-state index contributed by atoms with van der Waals surface area (Å²) < 4.78 is 13.5. The van der Waals surface area contributed by atoms with Crippen LogP contribution in [0, 0.1) is 11.7 Å². The Bertz CT molecular complexity index is 1100. The topological polar surface area (TPSA) is 90.9 Å². The van der Waals surface area contributed by atoms with Gasteiger partial charge >= 0.3 is 0 Å². The van der Waals surface area contributed by atoms with Gasteiger partial charge in [0.1, 0.15) is 23.2 Å². The Morgan fingerprint density at radius 1 is 1.09 bits per heavy atom. The van der Waals surface area contributed by atoms with Gasteiger partial charge in [-0.1, -0.05) is 11.6 Å². The molecular formula is C23H28ClFN8. The summed E-state index contributed by atoms with van der Waals surface area (Å²) in [5.74, 6) is 1.40. The maximum absolute atomic E-state index is 13.5. The highest BCUT2D eigenvalue weighted by Crippen LogP contribution is 2.28. The van der Waals surface area contributed by atoms with Gasteiger partial charge in [0.05, 0.1) is 11.2 Å². The molecule has 3 aromatic rings. The molecule has 3 N–H and O–H groups in total. The van der Waals surface area contributed by atoms with E-state index in [0.29, 0.717) is 34.5 Å². The Morgan fingerprint density at radius 3 is 2.70 bits per heavy atom. The van der Waals surface area contributed by atoms with Gasteiger partial charge in [0.2, 0.25) is 5.95 Å². The number of hydrogen-bond donors (Lipinski definition) is 3. The lowest BCUT2D eigenvalue weighted by Crippen LogP contribution is -2.45. The van der Waals surface area contributed by atoms with Crippen molar-refractivity contribution >= 4 is 40.1 Å². The summed E-state index contributed by atoms with van der Waals surface area (Å²) in [5.41, 5.74) is 1.85. The quantitative estimate of drug-likeness (QED) is 0.500. The minimum absolute atomic E-state index is 0.0444. The second kappa shape index (κ2) is 10.1. The number of aromatic nitrogens is 4. The van der Waals surface area contributed by atoms with Crippen LogP contribution in [0.25, 0.3) is 11.0 Å². The van der Waals surface area contributed by atoms with Crippen LogP contribution in [0.15, 0.2) is 30.7 Å². The number of halogens is 2. The van der Waals surface area contributed by atoms with Crippen molar-refractivity contribution in [1.29, 1.82) is 0 Å². The number of nitrogens with zero attached hydrogens (tertiary/aromatic N) is 5. The van der Waals surface area contributed by atoms with E-state index in [1.165, 1.54) is 37.8 Å². The van der Waals surface area contributed by atoms with E-state index in [0.717, 1.165) is 44.9 Å². The van der Waals surface area contributed by atoms with E-state index in [-0.39, 0.29) is 5.02 Å². The average molecular weight is 471 g/mol. The fourth-order valence-corrected chi connectivity index (χ4v) is 4.84. The smallest absolute Gasteiger partial charge is 0.223 e. The Kier molecular flexibility index (Phi) is 6.80. The first-order chi connectivity index (χ1) is 16.1. The van der Waals surface area contributed by atoms with Crippen LogP contribution in [0.5, 0.6) is 0 Å². The number of anilines is 3. The van der Waals surface area contributed by atoms with E-state index >= 15 is 0 Å². The van der Waals surface area contributed by atoms with Gasteiger partial charge < -0.3 is 20.9 Å². The number of nitrogens with one attached hydrogen (secondary N) is 3. The summed E-state index contributed by atoms with van der Waals surface area (Å²) in [6.07, 6.45) is 7.81. The second-order valence-corrected chi connectivity index (χ2v) is 9.22. The molecule has 0 radical (unpaired) electrons. The van der Waals surface area contributed by atoms with E-state index in [2.05, 4.69) is 40.8 Å². The molecule has 2 aliphatic rings. The van der Waals surface area contributed by atoms with Crippen LogP contribution in [0.1, 0.15) is 25.7 Å². The monoisotopic (exact) mass is 470 g/mol. The fourth-order valence-electron chi connectivity index (χ4n) is 4.66. The summed E-state index contributed by atoms with van der Waals surface area (Å²) in [7, 11) is 0. The highest BCUT2D eigenvalue weighted by Gasteiger charge is 2.24. The van der Waals surface area contributed by atoms with Crippen molar-refractivity contribution in [3.05, 3.63) is 41.6 Å². The van der Waals surface area contributed by atoms with E-state index in [1.54, 1.807) is 12.3 Å². The minimum Gasteiger partial charge on any atom is -0.351 e. The van der Waals surface area contributed by atoms with Gasteiger partial charge in [-0.05, 0) is 49.8 Å². The highest BCUT2D eigenvalue weighted by molar-refractivity contribution is 6.31. The molecule has 2 fully saturated rings. The first-order valence-electron chi connectivity index (χ1n) is 11.5. The molecule has 33 heavy (non-hydrogen) atoms. The fraction of sp³-hybridized carbons (Fsp3) is 0.478.